The third-order valence-electron chi connectivity index (χ3n) is 4.13. The Kier molecular flexibility index (Phi) is 6.57. The molecule has 0 aliphatic heterocycles. The van der Waals surface area contributed by atoms with Gasteiger partial charge in [-0.25, -0.2) is 0 Å². The zero-order chi connectivity index (χ0) is 18.2. The Bertz CT molecular complexity index is 722. The molecular formula is C20H24N2O3. The molecule has 2 N–H and O–H groups in total. The summed E-state index contributed by atoms with van der Waals surface area (Å²) in [7, 11) is 1.56. The number of nitrogens with one attached hydrogen (secondary N) is 2. The third kappa shape index (κ3) is 4.83. The van der Waals surface area contributed by atoms with E-state index in [2.05, 4.69) is 10.6 Å². The van der Waals surface area contributed by atoms with Gasteiger partial charge < -0.3 is 15.4 Å². The molecule has 0 aliphatic carbocycles. The minimum Gasteiger partial charge on any atom is -0.495 e. The number of para-hydroxylation sites is 2. The highest BCUT2D eigenvalue weighted by atomic mass is 16.5. The van der Waals surface area contributed by atoms with Crippen molar-refractivity contribution in [3.05, 3.63) is 54.1 Å². The number of ether oxygens (including phenoxy) is 1. The Morgan fingerprint density at radius 3 is 2.20 bits per heavy atom. The number of rotatable bonds is 7. The molecule has 0 bridgehead atoms. The second kappa shape index (κ2) is 8.87. The van der Waals surface area contributed by atoms with Crippen LogP contribution in [0.25, 0.3) is 0 Å². The smallest absolute Gasteiger partial charge is 0.255 e. The number of methoxy groups -OCH3 is 1. The average molecular weight is 340 g/mol. The summed E-state index contributed by atoms with van der Waals surface area (Å²) in [6, 6.07) is 14.1. The van der Waals surface area contributed by atoms with Crippen LogP contribution in [0.4, 0.5) is 11.4 Å². The third-order valence-corrected chi connectivity index (χ3v) is 4.13. The van der Waals surface area contributed by atoms with Gasteiger partial charge in [-0.2, -0.15) is 0 Å². The highest BCUT2D eigenvalue weighted by Crippen LogP contribution is 2.24. The van der Waals surface area contributed by atoms with Crippen molar-refractivity contribution in [1.82, 2.24) is 0 Å². The molecule has 0 fully saturated rings. The molecule has 25 heavy (non-hydrogen) atoms. The second-order valence-corrected chi connectivity index (χ2v) is 5.73. The molecule has 0 radical (unpaired) electrons. The normalized spacial score (nSPS) is 10.4. The molecule has 0 unspecified atom stereocenters. The summed E-state index contributed by atoms with van der Waals surface area (Å²) in [5, 5.41) is 5.71. The van der Waals surface area contributed by atoms with Crippen LogP contribution >= 0.6 is 0 Å². The number of carbonyl (C=O) groups is 2. The summed E-state index contributed by atoms with van der Waals surface area (Å²) >= 11 is 0. The fourth-order valence-corrected chi connectivity index (χ4v) is 2.55. The zero-order valence-electron chi connectivity index (χ0n) is 14.8. The summed E-state index contributed by atoms with van der Waals surface area (Å²) in [5.74, 6) is 0.386. The van der Waals surface area contributed by atoms with Crippen molar-refractivity contribution in [2.24, 2.45) is 5.92 Å². The maximum Gasteiger partial charge on any atom is 0.255 e. The van der Waals surface area contributed by atoms with Crippen LogP contribution in [0, 0.1) is 5.92 Å². The van der Waals surface area contributed by atoms with Crippen molar-refractivity contribution in [2.75, 3.05) is 17.7 Å². The van der Waals surface area contributed by atoms with Crippen molar-refractivity contribution >= 4 is 23.2 Å². The van der Waals surface area contributed by atoms with Gasteiger partial charge in [0, 0.05) is 17.2 Å². The van der Waals surface area contributed by atoms with Gasteiger partial charge >= 0.3 is 0 Å². The first-order chi connectivity index (χ1) is 12.1. The topological polar surface area (TPSA) is 67.4 Å². The minimum atomic E-state index is -0.234. The molecule has 0 aliphatic rings. The van der Waals surface area contributed by atoms with E-state index in [-0.39, 0.29) is 17.7 Å². The summed E-state index contributed by atoms with van der Waals surface area (Å²) < 4.78 is 5.23. The van der Waals surface area contributed by atoms with Gasteiger partial charge in [0.15, 0.2) is 0 Å². The fourth-order valence-electron chi connectivity index (χ4n) is 2.55. The Morgan fingerprint density at radius 1 is 0.960 bits per heavy atom. The summed E-state index contributed by atoms with van der Waals surface area (Å²) in [6.07, 6.45) is 1.61. The number of amides is 2. The fraction of sp³-hybridized carbons (Fsp3) is 0.300. The second-order valence-electron chi connectivity index (χ2n) is 5.73. The zero-order valence-corrected chi connectivity index (χ0v) is 14.8. The van der Waals surface area contributed by atoms with Crippen molar-refractivity contribution in [2.45, 2.75) is 26.7 Å². The maximum absolute atomic E-state index is 12.4. The number of anilines is 2. The van der Waals surface area contributed by atoms with Crippen LogP contribution < -0.4 is 15.4 Å². The van der Waals surface area contributed by atoms with Gasteiger partial charge in [-0.05, 0) is 49.2 Å². The highest BCUT2D eigenvalue weighted by molar-refractivity contribution is 6.05. The van der Waals surface area contributed by atoms with Crippen LogP contribution in [0.15, 0.2) is 48.5 Å². The first-order valence-corrected chi connectivity index (χ1v) is 8.44. The average Bonchev–Trinajstić information content (AvgIpc) is 2.63. The van der Waals surface area contributed by atoms with Gasteiger partial charge in [0.1, 0.15) is 5.75 Å². The molecule has 0 aromatic heterocycles. The molecule has 0 atom stereocenters. The lowest BCUT2D eigenvalue weighted by atomic mass is 10.0. The van der Waals surface area contributed by atoms with Crippen molar-refractivity contribution in [3.63, 3.8) is 0 Å². The molecule has 0 saturated carbocycles. The number of benzene rings is 2. The van der Waals surface area contributed by atoms with Gasteiger partial charge in [0.25, 0.3) is 5.91 Å². The van der Waals surface area contributed by atoms with Crippen LogP contribution in [0.2, 0.25) is 0 Å². The first-order valence-electron chi connectivity index (χ1n) is 8.44. The van der Waals surface area contributed by atoms with E-state index >= 15 is 0 Å². The lowest BCUT2D eigenvalue weighted by Gasteiger charge is -2.13. The van der Waals surface area contributed by atoms with E-state index in [9.17, 15) is 9.59 Å². The highest BCUT2D eigenvalue weighted by Gasteiger charge is 2.14. The SMILES string of the molecule is CCC(CC)C(=O)Nc1ccc(C(=O)Nc2ccccc2OC)cc1. The van der Waals surface area contributed by atoms with Crippen LogP contribution in [0.1, 0.15) is 37.0 Å². The van der Waals surface area contributed by atoms with Crippen molar-refractivity contribution < 1.29 is 14.3 Å². The van der Waals surface area contributed by atoms with Gasteiger partial charge in [-0.3, -0.25) is 9.59 Å². The number of hydrogen-bond acceptors (Lipinski definition) is 3. The quantitative estimate of drug-likeness (QED) is 0.788. The van der Waals surface area contributed by atoms with Gasteiger partial charge in [-0.1, -0.05) is 26.0 Å². The standard InChI is InChI=1S/C20H24N2O3/c1-4-14(5-2)19(23)21-16-12-10-15(11-13-16)20(24)22-17-8-6-7-9-18(17)25-3/h6-14H,4-5H2,1-3H3,(H,21,23)(H,22,24). The summed E-state index contributed by atoms with van der Waals surface area (Å²) in [5.41, 5.74) is 1.80. The lowest BCUT2D eigenvalue weighted by molar-refractivity contribution is -0.120. The Labute approximate surface area is 148 Å². The van der Waals surface area contributed by atoms with Crippen LogP contribution in [-0.2, 0) is 4.79 Å². The minimum absolute atomic E-state index is 0.00789. The number of hydrogen-bond donors (Lipinski definition) is 2. The maximum atomic E-state index is 12.4. The van der Waals surface area contributed by atoms with E-state index in [1.54, 1.807) is 43.5 Å². The van der Waals surface area contributed by atoms with Crippen molar-refractivity contribution in [1.29, 1.82) is 0 Å². The van der Waals surface area contributed by atoms with Gasteiger partial charge in [0.2, 0.25) is 5.91 Å². The van der Waals surface area contributed by atoms with E-state index in [0.717, 1.165) is 12.8 Å². The predicted octanol–water partition coefficient (Wildman–Crippen LogP) is 4.32. The Balaban J connectivity index is 2.04. The Hall–Kier alpha value is -2.82. The van der Waals surface area contributed by atoms with Gasteiger partial charge in [-0.15, -0.1) is 0 Å². The molecule has 2 aromatic rings. The molecule has 132 valence electrons. The van der Waals surface area contributed by atoms with E-state index in [1.807, 2.05) is 26.0 Å². The predicted molar refractivity (Wildman–Crippen MR) is 100 cm³/mol. The summed E-state index contributed by atoms with van der Waals surface area (Å²) in [6.45, 7) is 4.00. The first kappa shape index (κ1) is 18.5. The number of carbonyl (C=O) groups excluding carboxylic acids is 2. The van der Waals surface area contributed by atoms with Gasteiger partial charge in [0.05, 0.1) is 12.8 Å². The molecule has 5 nitrogen and oxygen atoms in total. The van der Waals surface area contributed by atoms with E-state index in [1.165, 1.54) is 0 Å². The largest absolute Gasteiger partial charge is 0.495 e. The molecule has 2 aromatic carbocycles. The molecule has 0 saturated heterocycles. The van der Waals surface area contributed by atoms with E-state index in [0.29, 0.717) is 22.7 Å². The van der Waals surface area contributed by atoms with E-state index in [4.69, 9.17) is 4.74 Å². The monoisotopic (exact) mass is 340 g/mol. The van der Waals surface area contributed by atoms with Crippen LogP contribution in [0.3, 0.4) is 0 Å². The summed E-state index contributed by atoms with van der Waals surface area (Å²) in [4.78, 5) is 24.5. The molecule has 2 amide bonds. The van der Waals surface area contributed by atoms with Crippen LogP contribution in [0.5, 0.6) is 5.75 Å². The molecule has 0 spiro atoms. The molecule has 5 heteroatoms. The molecular weight excluding hydrogens is 316 g/mol. The van der Waals surface area contributed by atoms with E-state index < -0.39 is 0 Å². The van der Waals surface area contributed by atoms with Crippen LogP contribution in [-0.4, -0.2) is 18.9 Å². The molecule has 2 rings (SSSR count). The van der Waals surface area contributed by atoms with Crippen molar-refractivity contribution in [3.8, 4) is 5.75 Å². The lowest BCUT2D eigenvalue weighted by Crippen LogP contribution is -2.21. The molecule has 0 heterocycles. The Morgan fingerprint density at radius 2 is 1.60 bits per heavy atom.